The SMILES string of the molecule is O=C(OC(=O)C(F)(F)C(F)(F)C(F)(F)C(F)(F)C(F)(F)C(F)(F)C(F)(F)C(F)(F)C(F)(F)C(F)(F)C(F)(F)C(F)(F)C(F)(F)C(F)(F)C(F)(F)C(F)(F)C(F)(F)C(F)(F)C(F)(F)C(F)(F)C(F)(F)C(F)(F)C(F)(F)F)C(F)(F)C(F)(F)C(F)(F)C(F)(F)C(F)(F)C(F)(F)C(F)(F)C(F)(F)C(F)(F)C(F)(F)C(F)(F)C(F)(F)C(F)(F)C(F)(F)C(F)(F)C(F)(F)C(F)(F)C(F)(F)C(F)(F)F. The topological polar surface area (TPSA) is 43.4 Å². The predicted molar refractivity (Wildman–Crippen MR) is 221 cm³/mol. The molecule has 0 aliphatic heterocycles. The molecule has 0 amide bonds. The minimum Gasteiger partial charge on any atom is -0.384 e. The van der Waals surface area contributed by atoms with Gasteiger partial charge in [-0.05, 0) is 0 Å². The number of carbonyl (C=O) groups is 2. The Morgan fingerprint density at radius 3 is 0.203 bits per heavy atom. The van der Waals surface area contributed by atoms with Gasteiger partial charge in [0.15, 0.2) is 0 Å². The van der Waals surface area contributed by atoms with E-state index < -0.39 is 261 Å². The van der Waals surface area contributed by atoms with Gasteiger partial charge in [0.05, 0.1) is 0 Å². The molecular formula is C44F86O3. The average Bonchev–Trinajstić information content (AvgIpc) is 0.675. The zero-order chi connectivity index (χ0) is 111. The molecule has 0 aliphatic rings. The Bertz CT molecular complexity index is 4180. The molecule has 0 unspecified atom stereocenters. The van der Waals surface area contributed by atoms with Crippen LogP contribution < -0.4 is 0 Å². The van der Waals surface area contributed by atoms with Gasteiger partial charge in [0, 0.05) is 0 Å². The molecule has 0 bridgehead atoms. The molecule has 0 heterocycles. The molecule has 0 N–H and O–H groups in total. The van der Waals surface area contributed by atoms with Crippen molar-refractivity contribution in [3.63, 3.8) is 0 Å². The van der Waals surface area contributed by atoms with Crippen molar-refractivity contribution in [1.82, 2.24) is 0 Å². The van der Waals surface area contributed by atoms with Crippen molar-refractivity contribution in [2.24, 2.45) is 0 Å². The number of alkyl halides is 86. The normalized spacial score (nSPS) is 17.5. The summed E-state index contributed by atoms with van der Waals surface area (Å²) in [7, 11) is 0. The van der Waals surface area contributed by atoms with Crippen LogP contribution >= 0.6 is 0 Å². The van der Waals surface area contributed by atoms with Gasteiger partial charge in [0.1, 0.15) is 0 Å². The van der Waals surface area contributed by atoms with Crippen LogP contribution in [0.2, 0.25) is 0 Å². The number of hydrogen-bond acceptors (Lipinski definition) is 3. The van der Waals surface area contributed by atoms with Crippen LogP contribution in [-0.4, -0.2) is 261 Å². The van der Waals surface area contributed by atoms with Gasteiger partial charge in [0.2, 0.25) is 0 Å². The average molecular weight is 2210 g/mol. The van der Waals surface area contributed by atoms with Gasteiger partial charge in [-0.3, -0.25) is 0 Å². The van der Waals surface area contributed by atoms with Gasteiger partial charge in [-0.1, -0.05) is 0 Å². The lowest BCUT2D eigenvalue weighted by molar-refractivity contribution is -0.497. The molecule has 0 aromatic rings. The number of carbonyl (C=O) groups excluding carboxylic acids is 2. The zero-order valence-corrected chi connectivity index (χ0v) is 55.7. The Kier molecular flexibility index (Phi) is 28.8. The smallest absolute Gasteiger partial charge is 0.384 e. The van der Waals surface area contributed by atoms with E-state index in [0.29, 0.717) is 0 Å². The quantitative estimate of drug-likeness (QED) is 0.0349. The molecular weight excluding hydrogens is 2210 g/mol. The molecule has 0 aromatic carbocycles. The highest BCUT2D eigenvalue weighted by Gasteiger charge is 3.08. The fourth-order valence-electron chi connectivity index (χ4n) is 7.92. The molecule has 89 heteroatoms. The van der Waals surface area contributed by atoms with Gasteiger partial charge in [-0.15, -0.1) is 0 Å². The Morgan fingerprint density at radius 1 is 0.0902 bits per heavy atom. The number of rotatable bonds is 40. The minimum absolute atomic E-state index is 0.838. The maximum atomic E-state index is 14.4. The van der Waals surface area contributed by atoms with Gasteiger partial charge in [-0.2, -0.15) is 378 Å². The summed E-state index contributed by atoms with van der Waals surface area (Å²) in [5, 5.41) is 0. The molecule has 0 radical (unpaired) electrons. The van der Waals surface area contributed by atoms with E-state index in [2.05, 4.69) is 0 Å². The van der Waals surface area contributed by atoms with Crippen LogP contribution in [0.3, 0.4) is 0 Å². The lowest BCUT2D eigenvalue weighted by Crippen LogP contribution is -2.81. The molecule has 133 heavy (non-hydrogen) atoms. The Morgan fingerprint density at radius 2 is 0.143 bits per heavy atom. The molecule has 796 valence electrons. The van der Waals surface area contributed by atoms with Crippen LogP contribution in [0.15, 0.2) is 0 Å². The van der Waals surface area contributed by atoms with Crippen LogP contribution in [0.25, 0.3) is 0 Å². The van der Waals surface area contributed by atoms with Crippen LogP contribution in [0.4, 0.5) is 378 Å². The number of ether oxygens (including phenoxy) is 1. The van der Waals surface area contributed by atoms with E-state index >= 15 is 0 Å². The zero-order valence-electron chi connectivity index (χ0n) is 55.7. The van der Waals surface area contributed by atoms with Gasteiger partial charge in [-0.25, -0.2) is 9.59 Å². The third-order valence-electron chi connectivity index (χ3n) is 16.4. The third kappa shape index (κ3) is 13.9. The number of esters is 2. The maximum absolute atomic E-state index is 14.4. The van der Waals surface area contributed by atoms with Gasteiger partial charge < -0.3 is 4.74 Å². The Balaban J connectivity index is 8.33. The highest BCUT2D eigenvalue weighted by Crippen LogP contribution is 2.77. The first-order chi connectivity index (χ1) is 55.5. The van der Waals surface area contributed by atoms with E-state index in [1.165, 1.54) is 0 Å². The van der Waals surface area contributed by atoms with E-state index in [1.54, 1.807) is 0 Å². The second-order valence-corrected chi connectivity index (χ2v) is 24.6. The van der Waals surface area contributed by atoms with Crippen LogP contribution in [0, 0.1) is 0 Å². The first-order valence-corrected chi connectivity index (χ1v) is 27.6. The first-order valence-electron chi connectivity index (χ1n) is 27.6. The summed E-state index contributed by atoms with van der Waals surface area (Å²) in [5.41, 5.74) is 0. The second-order valence-electron chi connectivity index (χ2n) is 24.6. The van der Waals surface area contributed by atoms with Crippen molar-refractivity contribution in [2.75, 3.05) is 0 Å². The fraction of sp³-hybridized carbons (Fsp3) is 0.955. The summed E-state index contributed by atoms with van der Waals surface area (Å²) in [6.45, 7) is 0. The fourth-order valence-corrected chi connectivity index (χ4v) is 7.92. The van der Waals surface area contributed by atoms with Crippen LogP contribution in [-0.2, 0) is 14.3 Å². The van der Waals surface area contributed by atoms with E-state index in [-0.39, 0.29) is 0 Å². The van der Waals surface area contributed by atoms with Crippen LogP contribution in [0.1, 0.15) is 0 Å². The molecule has 0 aromatic heterocycles. The van der Waals surface area contributed by atoms with Crippen molar-refractivity contribution < 1.29 is 392 Å². The number of hydrogen-bond donors (Lipinski definition) is 0. The summed E-state index contributed by atoms with van der Waals surface area (Å²) in [5.74, 6) is -448. The third-order valence-corrected chi connectivity index (χ3v) is 16.4. The summed E-state index contributed by atoms with van der Waals surface area (Å²) in [4.78, 5) is 22.7. The van der Waals surface area contributed by atoms with Crippen LogP contribution in [0.5, 0.6) is 0 Å². The van der Waals surface area contributed by atoms with Crippen molar-refractivity contribution in [2.45, 2.75) is 249 Å². The van der Waals surface area contributed by atoms with E-state index in [9.17, 15) is 387 Å². The van der Waals surface area contributed by atoms with Crippen molar-refractivity contribution >= 4 is 11.9 Å². The maximum Gasteiger partial charge on any atom is 0.460 e. The minimum atomic E-state index is -11.4. The van der Waals surface area contributed by atoms with Gasteiger partial charge >= 0.3 is 261 Å². The van der Waals surface area contributed by atoms with Crippen molar-refractivity contribution in [1.29, 1.82) is 0 Å². The highest BCUT2D eigenvalue weighted by atomic mass is 19.5. The van der Waals surface area contributed by atoms with Gasteiger partial charge in [0.25, 0.3) is 0 Å². The van der Waals surface area contributed by atoms with E-state index in [0.717, 1.165) is 4.74 Å². The summed E-state index contributed by atoms with van der Waals surface area (Å²) < 4.78 is 1200. The van der Waals surface area contributed by atoms with Crippen molar-refractivity contribution in [3.05, 3.63) is 0 Å². The summed E-state index contributed by atoms with van der Waals surface area (Å²) >= 11 is 0. The monoisotopic (exact) mass is 2210 g/mol. The molecule has 0 saturated carbocycles. The largest absolute Gasteiger partial charge is 0.460 e. The Hall–Kier alpha value is -6.88. The summed E-state index contributed by atoms with van der Waals surface area (Å²) in [6.07, 6.45) is -17.6. The lowest BCUT2D eigenvalue weighted by Gasteiger charge is -2.47. The van der Waals surface area contributed by atoms with E-state index in [4.69, 9.17) is 0 Å². The predicted octanol–water partition coefficient (Wildman–Crippen LogP) is 26.6. The second kappa shape index (κ2) is 30.3. The standard InChI is InChI=1S/C44F86O3/c45-3(46,1(131)133-2(132)4(47,48)6(51,52)8(55,56)10(59,60)12(63,64)14(67,68)16(71,72)18(75,76)20(79,80)22(83,84)27(93,94)29(97,98)31(101,102)33(105,106)35(109,110)37(113,114)39(117,118)41(121,122)43(125,126)127)5(49,50)7(53,54)9(57,58)11(61,62)13(65,66)15(69,70)17(73,74)19(77,78)21(81,82)23(85,86)24(87,88)25(89,90)26(91,92)28(95,96)30(99,100)32(103,104)34(107,108)36(111,112)38(115,116)40(119,120)42(123,124)44(128,129)130. The Labute approximate surface area is 654 Å². The molecule has 0 atom stereocenters. The van der Waals surface area contributed by atoms with E-state index in [1.807, 2.05) is 0 Å². The molecule has 0 rings (SSSR count). The molecule has 0 aliphatic carbocycles. The molecule has 3 nitrogen and oxygen atoms in total. The lowest BCUT2D eigenvalue weighted by atomic mass is 9.81. The summed E-state index contributed by atoms with van der Waals surface area (Å²) in [6, 6.07) is 0. The highest BCUT2D eigenvalue weighted by molar-refractivity contribution is 5.94. The van der Waals surface area contributed by atoms with Crippen molar-refractivity contribution in [3.8, 4) is 0 Å². The molecule has 0 saturated heterocycles. The molecule has 0 fully saturated rings. The number of halogens is 86. The first kappa shape index (κ1) is 126. The molecule has 0 spiro atoms.